The van der Waals surface area contributed by atoms with Crippen LogP contribution in [0.5, 0.6) is 0 Å². The number of nitrogens with one attached hydrogen (secondary N) is 1. The Morgan fingerprint density at radius 1 is 1.26 bits per heavy atom. The summed E-state index contributed by atoms with van der Waals surface area (Å²) in [6.07, 6.45) is 2.78. The first-order valence-electron chi connectivity index (χ1n) is 8.56. The van der Waals surface area contributed by atoms with Crippen LogP contribution in [0.2, 0.25) is 0 Å². The summed E-state index contributed by atoms with van der Waals surface area (Å²) in [5.74, 6) is 0.190. The van der Waals surface area contributed by atoms with E-state index in [0.717, 1.165) is 25.9 Å². The molecule has 0 spiro atoms. The molecule has 23 heavy (non-hydrogen) atoms. The molecule has 3 atom stereocenters. The van der Waals surface area contributed by atoms with E-state index in [2.05, 4.69) is 17.4 Å². The number of hydrogen-bond acceptors (Lipinski definition) is 3. The van der Waals surface area contributed by atoms with E-state index in [4.69, 9.17) is 0 Å². The van der Waals surface area contributed by atoms with Crippen molar-refractivity contribution in [3.63, 3.8) is 0 Å². The first-order chi connectivity index (χ1) is 11.1. The van der Waals surface area contributed by atoms with Gasteiger partial charge in [-0.1, -0.05) is 24.3 Å². The molecule has 0 unspecified atom stereocenters. The third-order valence-corrected chi connectivity index (χ3v) is 5.56. The normalized spacial score (nSPS) is 30.1. The lowest BCUT2D eigenvalue weighted by molar-refractivity contribution is -0.153. The van der Waals surface area contributed by atoms with Crippen molar-refractivity contribution < 1.29 is 9.59 Å². The van der Waals surface area contributed by atoms with Gasteiger partial charge in [-0.15, -0.1) is 0 Å². The van der Waals surface area contributed by atoms with Gasteiger partial charge in [0.2, 0.25) is 11.8 Å². The van der Waals surface area contributed by atoms with E-state index >= 15 is 0 Å². The average molecular weight is 313 g/mol. The highest BCUT2D eigenvalue weighted by Crippen LogP contribution is 2.27. The van der Waals surface area contributed by atoms with Crippen LogP contribution < -0.4 is 5.32 Å². The van der Waals surface area contributed by atoms with Crippen molar-refractivity contribution in [2.24, 2.45) is 0 Å². The highest BCUT2D eigenvalue weighted by molar-refractivity contribution is 5.91. The zero-order chi connectivity index (χ0) is 16.0. The Hall–Kier alpha value is -1.88. The van der Waals surface area contributed by atoms with Crippen molar-refractivity contribution in [1.29, 1.82) is 0 Å². The fourth-order valence-corrected chi connectivity index (χ4v) is 4.18. The minimum Gasteiger partial charge on any atom is -0.336 e. The number of amides is 2. The number of piperazine rings is 1. The molecule has 3 aliphatic heterocycles. The number of benzene rings is 1. The van der Waals surface area contributed by atoms with Gasteiger partial charge < -0.3 is 15.1 Å². The lowest BCUT2D eigenvalue weighted by Gasteiger charge is -2.43. The zero-order valence-electron chi connectivity index (χ0n) is 13.5. The van der Waals surface area contributed by atoms with E-state index in [1.165, 1.54) is 11.1 Å². The Kier molecular flexibility index (Phi) is 3.60. The van der Waals surface area contributed by atoms with Crippen LogP contribution in [0.3, 0.4) is 0 Å². The van der Waals surface area contributed by atoms with Crippen LogP contribution in [0.25, 0.3) is 0 Å². The third-order valence-electron chi connectivity index (χ3n) is 5.56. The summed E-state index contributed by atoms with van der Waals surface area (Å²) in [7, 11) is 0. The first-order valence-corrected chi connectivity index (χ1v) is 8.56. The van der Waals surface area contributed by atoms with E-state index in [1.54, 1.807) is 4.90 Å². The van der Waals surface area contributed by atoms with Crippen molar-refractivity contribution in [1.82, 2.24) is 15.1 Å². The van der Waals surface area contributed by atoms with Crippen LogP contribution in [0.4, 0.5) is 0 Å². The van der Waals surface area contributed by atoms with Crippen molar-refractivity contribution in [2.45, 2.75) is 50.9 Å². The Balaban J connectivity index is 1.52. The zero-order valence-corrected chi connectivity index (χ0v) is 13.5. The quantitative estimate of drug-likeness (QED) is 0.839. The van der Waals surface area contributed by atoms with Crippen LogP contribution in [-0.2, 0) is 22.6 Å². The molecule has 2 fully saturated rings. The molecule has 1 aromatic rings. The standard InChI is InChI=1S/C18H23N3O2/c1-12-17(22)20-8-4-7-15(20)11-21(12)18(23)16-9-13-5-2-3-6-14(13)10-19-16/h2-3,5-6,12,15-16,19H,4,7-11H2,1H3/t12-,15+,16-/m1/s1. The molecular formula is C18H23N3O2. The van der Waals surface area contributed by atoms with Gasteiger partial charge in [-0.05, 0) is 37.3 Å². The van der Waals surface area contributed by atoms with E-state index in [1.807, 2.05) is 24.0 Å². The summed E-state index contributed by atoms with van der Waals surface area (Å²) in [6.45, 7) is 4.13. The van der Waals surface area contributed by atoms with Crippen molar-refractivity contribution in [3.8, 4) is 0 Å². The molecule has 0 aliphatic carbocycles. The van der Waals surface area contributed by atoms with Crippen LogP contribution in [0, 0.1) is 0 Å². The Morgan fingerprint density at radius 3 is 2.87 bits per heavy atom. The maximum absolute atomic E-state index is 13.0. The van der Waals surface area contributed by atoms with Crippen molar-refractivity contribution in [3.05, 3.63) is 35.4 Å². The van der Waals surface area contributed by atoms with Crippen LogP contribution >= 0.6 is 0 Å². The average Bonchev–Trinajstić information content (AvgIpc) is 3.06. The summed E-state index contributed by atoms with van der Waals surface area (Å²) < 4.78 is 0. The molecular weight excluding hydrogens is 290 g/mol. The summed E-state index contributed by atoms with van der Waals surface area (Å²) in [5, 5.41) is 3.35. The van der Waals surface area contributed by atoms with Crippen molar-refractivity contribution in [2.75, 3.05) is 13.1 Å². The Bertz CT molecular complexity index is 645. The largest absolute Gasteiger partial charge is 0.336 e. The van der Waals surface area contributed by atoms with Crippen LogP contribution in [0.15, 0.2) is 24.3 Å². The van der Waals surface area contributed by atoms with Gasteiger partial charge in [0.25, 0.3) is 0 Å². The minimum absolute atomic E-state index is 0.0758. The molecule has 0 radical (unpaired) electrons. The van der Waals surface area contributed by atoms with Gasteiger partial charge in [-0.25, -0.2) is 0 Å². The van der Waals surface area contributed by atoms with E-state index in [0.29, 0.717) is 13.0 Å². The number of nitrogens with zero attached hydrogens (tertiary/aromatic N) is 2. The maximum atomic E-state index is 13.0. The van der Waals surface area contributed by atoms with Gasteiger partial charge in [0, 0.05) is 25.7 Å². The lowest BCUT2D eigenvalue weighted by atomic mass is 9.94. The lowest BCUT2D eigenvalue weighted by Crippen LogP contribution is -2.63. The van der Waals surface area contributed by atoms with Crippen LogP contribution in [0.1, 0.15) is 30.9 Å². The second-order valence-electron chi connectivity index (χ2n) is 6.90. The Labute approximate surface area is 136 Å². The molecule has 2 amide bonds. The maximum Gasteiger partial charge on any atom is 0.245 e. The molecule has 0 aromatic heterocycles. The van der Waals surface area contributed by atoms with E-state index in [-0.39, 0.29) is 29.9 Å². The molecule has 1 N–H and O–H groups in total. The topological polar surface area (TPSA) is 52.7 Å². The number of rotatable bonds is 1. The second-order valence-corrected chi connectivity index (χ2v) is 6.90. The first kappa shape index (κ1) is 14.7. The summed E-state index contributed by atoms with van der Waals surface area (Å²) in [4.78, 5) is 29.3. The molecule has 2 saturated heterocycles. The second kappa shape index (κ2) is 5.64. The number of fused-ring (bicyclic) bond motifs is 2. The highest BCUT2D eigenvalue weighted by atomic mass is 16.2. The van der Waals surface area contributed by atoms with E-state index < -0.39 is 0 Å². The highest BCUT2D eigenvalue weighted by Gasteiger charge is 2.43. The molecule has 0 bridgehead atoms. The predicted molar refractivity (Wildman–Crippen MR) is 86.7 cm³/mol. The molecule has 4 rings (SSSR count). The number of carbonyl (C=O) groups is 2. The fourth-order valence-electron chi connectivity index (χ4n) is 4.18. The SMILES string of the molecule is C[C@@H]1C(=O)N2CCC[C@H]2CN1C(=O)[C@H]1Cc2ccccc2CN1. The predicted octanol–water partition coefficient (Wildman–Crippen LogP) is 0.923. The molecule has 0 saturated carbocycles. The van der Waals surface area contributed by atoms with Crippen molar-refractivity contribution >= 4 is 11.8 Å². The summed E-state index contributed by atoms with van der Waals surface area (Å²) in [6, 6.07) is 7.92. The molecule has 5 heteroatoms. The minimum atomic E-state index is -0.337. The van der Waals surface area contributed by atoms with Gasteiger partial charge in [-0.2, -0.15) is 0 Å². The van der Waals surface area contributed by atoms with Gasteiger partial charge in [0.15, 0.2) is 0 Å². The van der Waals surface area contributed by atoms with Gasteiger partial charge in [-0.3, -0.25) is 9.59 Å². The third kappa shape index (κ3) is 2.43. The van der Waals surface area contributed by atoms with Gasteiger partial charge >= 0.3 is 0 Å². The fraction of sp³-hybridized carbons (Fsp3) is 0.556. The smallest absolute Gasteiger partial charge is 0.245 e. The van der Waals surface area contributed by atoms with Gasteiger partial charge in [0.05, 0.1) is 6.04 Å². The number of hydrogen-bond donors (Lipinski definition) is 1. The number of carbonyl (C=O) groups excluding carboxylic acids is 2. The Morgan fingerprint density at radius 2 is 2.04 bits per heavy atom. The monoisotopic (exact) mass is 313 g/mol. The van der Waals surface area contributed by atoms with E-state index in [9.17, 15) is 9.59 Å². The van der Waals surface area contributed by atoms with Gasteiger partial charge in [0.1, 0.15) is 6.04 Å². The molecule has 5 nitrogen and oxygen atoms in total. The molecule has 122 valence electrons. The molecule has 3 aliphatic rings. The summed E-state index contributed by atoms with van der Waals surface area (Å²) in [5.41, 5.74) is 2.50. The summed E-state index contributed by atoms with van der Waals surface area (Å²) >= 11 is 0. The molecule has 1 aromatic carbocycles. The molecule has 3 heterocycles. The van der Waals surface area contributed by atoms with Crippen LogP contribution in [-0.4, -0.2) is 52.8 Å².